The highest BCUT2D eigenvalue weighted by Crippen LogP contribution is 2.52. The van der Waals surface area contributed by atoms with Gasteiger partial charge in [-0.3, -0.25) is 0 Å². The predicted octanol–water partition coefficient (Wildman–Crippen LogP) is 5.08. The molecule has 0 radical (unpaired) electrons. The summed E-state index contributed by atoms with van der Waals surface area (Å²) in [5.74, 6) is -5.04. The first kappa shape index (κ1) is 16.6. The Labute approximate surface area is 99.6 Å². The van der Waals surface area contributed by atoms with Crippen LogP contribution in [0.25, 0.3) is 0 Å². The number of halogens is 5. The van der Waals surface area contributed by atoms with Crippen LogP contribution < -0.4 is 0 Å². The van der Waals surface area contributed by atoms with Crippen LogP contribution in [0.15, 0.2) is 0 Å². The van der Waals surface area contributed by atoms with Crippen molar-refractivity contribution in [3.8, 4) is 0 Å². The lowest BCUT2D eigenvalue weighted by atomic mass is 9.68. The van der Waals surface area contributed by atoms with Crippen LogP contribution in [0.1, 0.15) is 47.5 Å². The molecule has 0 heterocycles. The van der Waals surface area contributed by atoms with Gasteiger partial charge in [0.15, 0.2) is 5.67 Å². The van der Waals surface area contributed by atoms with Gasteiger partial charge in [0, 0.05) is 17.8 Å². The average molecular weight is 260 g/mol. The first-order chi connectivity index (χ1) is 7.40. The highest BCUT2D eigenvalue weighted by Gasteiger charge is 2.64. The van der Waals surface area contributed by atoms with E-state index in [2.05, 4.69) is 0 Å². The summed E-state index contributed by atoms with van der Waals surface area (Å²) in [5, 5.41) is 0. The second-order valence-corrected chi connectivity index (χ2v) is 5.58. The van der Waals surface area contributed by atoms with Crippen LogP contribution in [0.3, 0.4) is 0 Å². The number of hydrogen-bond acceptors (Lipinski definition) is 0. The number of hydrogen-bond donors (Lipinski definition) is 0. The Morgan fingerprint density at radius 1 is 1.00 bits per heavy atom. The molecule has 0 N–H and O–H groups in total. The third-order valence-corrected chi connectivity index (χ3v) is 3.38. The van der Waals surface area contributed by atoms with Crippen molar-refractivity contribution in [3.63, 3.8) is 0 Å². The lowest BCUT2D eigenvalue weighted by molar-refractivity contribution is -0.226. The Bertz CT molecular complexity index is 244. The number of rotatable bonds is 5. The molecule has 0 bridgehead atoms. The minimum Gasteiger partial charge on any atom is -0.236 e. The van der Waals surface area contributed by atoms with Crippen molar-refractivity contribution in [2.24, 2.45) is 11.3 Å². The molecule has 0 aromatic carbocycles. The van der Waals surface area contributed by atoms with Gasteiger partial charge in [0.05, 0.1) is 0 Å². The fourth-order valence-electron chi connectivity index (χ4n) is 1.80. The lowest BCUT2D eigenvalue weighted by Gasteiger charge is -2.45. The zero-order valence-corrected chi connectivity index (χ0v) is 11.0. The second-order valence-electron chi connectivity index (χ2n) is 5.58. The molecule has 0 rings (SSSR count). The van der Waals surface area contributed by atoms with Crippen molar-refractivity contribution < 1.29 is 22.0 Å². The summed E-state index contributed by atoms with van der Waals surface area (Å²) in [7, 11) is 0. The maximum atomic E-state index is 14.5. The molecule has 0 saturated carbocycles. The monoisotopic (exact) mass is 260 g/mol. The van der Waals surface area contributed by atoms with Crippen LogP contribution in [-0.2, 0) is 0 Å². The van der Waals surface area contributed by atoms with Crippen LogP contribution in [0.4, 0.5) is 22.0 Å². The van der Waals surface area contributed by atoms with Crippen LogP contribution in [-0.4, -0.2) is 18.0 Å². The summed E-state index contributed by atoms with van der Waals surface area (Å²) >= 11 is 0. The van der Waals surface area contributed by atoms with E-state index >= 15 is 0 Å². The van der Waals surface area contributed by atoms with Gasteiger partial charge in [-0.15, -0.1) is 0 Å². The van der Waals surface area contributed by atoms with Crippen molar-refractivity contribution in [1.29, 1.82) is 0 Å². The van der Waals surface area contributed by atoms with E-state index in [4.69, 9.17) is 0 Å². The van der Waals surface area contributed by atoms with Crippen molar-refractivity contribution in [1.82, 2.24) is 0 Å². The summed E-state index contributed by atoms with van der Waals surface area (Å²) in [6.45, 7) is 6.36. The van der Waals surface area contributed by atoms with Crippen molar-refractivity contribution in [2.75, 3.05) is 0 Å². The zero-order valence-electron chi connectivity index (χ0n) is 11.0. The highest BCUT2D eigenvalue weighted by molar-refractivity contribution is 5.04. The van der Waals surface area contributed by atoms with Gasteiger partial charge in [-0.25, -0.2) is 22.0 Å². The molecule has 5 heteroatoms. The molecule has 0 aliphatic heterocycles. The fourth-order valence-corrected chi connectivity index (χ4v) is 1.80. The normalized spacial score (nSPS) is 19.2. The maximum Gasteiger partial charge on any atom is 0.284 e. The Kier molecular flexibility index (Phi) is 5.00. The summed E-state index contributed by atoms with van der Waals surface area (Å²) in [4.78, 5) is 0. The topological polar surface area (TPSA) is 0 Å². The van der Waals surface area contributed by atoms with Gasteiger partial charge in [0.2, 0.25) is 6.43 Å². The molecule has 17 heavy (non-hydrogen) atoms. The van der Waals surface area contributed by atoms with Gasteiger partial charge < -0.3 is 0 Å². The number of alkyl halides is 5. The van der Waals surface area contributed by atoms with Crippen molar-refractivity contribution in [2.45, 2.75) is 65.5 Å². The SMILES string of the molecule is CCC(C)C(F)(F)C(F)(CC(F)F)C(C)(C)C. The zero-order chi connectivity index (χ0) is 14.1. The van der Waals surface area contributed by atoms with Gasteiger partial charge in [0.1, 0.15) is 0 Å². The summed E-state index contributed by atoms with van der Waals surface area (Å²) in [6.07, 6.45) is -4.49. The molecule has 104 valence electrons. The van der Waals surface area contributed by atoms with E-state index in [1.807, 2.05) is 0 Å². The lowest BCUT2D eigenvalue weighted by Crippen LogP contribution is -2.57. The van der Waals surface area contributed by atoms with E-state index in [9.17, 15) is 22.0 Å². The Balaban J connectivity index is 5.47. The molecule has 2 unspecified atom stereocenters. The molecule has 0 saturated heterocycles. The smallest absolute Gasteiger partial charge is 0.236 e. The molecular formula is C12H21F5. The van der Waals surface area contributed by atoms with E-state index in [1.165, 1.54) is 34.6 Å². The van der Waals surface area contributed by atoms with Crippen LogP contribution >= 0.6 is 0 Å². The second kappa shape index (κ2) is 5.11. The molecule has 0 spiro atoms. The van der Waals surface area contributed by atoms with Crippen LogP contribution in [0, 0.1) is 11.3 Å². The third-order valence-electron chi connectivity index (χ3n) is 3.38. The first-order valence-corrected chi connectivity index (χ1v) is 5.75. The molecule has 0 fully saturated rings. The third kappa shape index (κ3) is 3.10. The standard InChI is InChI=1S/C12H21F5/c1-6-8(2)12(16,17)11(15,7-9(13)14)10(3,4)5/h8-9H,6-7H2,1-5H3. The van der Waals surface area contributed by atoms with Crippen molar-refractivity contribution in [3.05, 3.63) is 0 Å². The molecule has 2 atom stereocenters. The maximum absolute atomic E-state index is 14.5. The molecule has 0 nitrogen and oxygen atoms in total. The first-order valence-electron chi connectivity index (χ1n) is 5.75. The molecule has 0 amide bonds. The summed E-state index contributed by atoms with van der Waals surface area (Å²) in [6, 6.07) is 0. The molecule has 0 aromatic heterocycles. The van der Waals surface area contributed by atoms with E-state index in [-0.39, 0.29) is 6.42 Å². The quantitative estimate of drug-likeness (QED) is 0.605. The Morgan fingerprint density at radius 2 is 1.41 bits per heavy atom. The van der Waals surface area contributed by atoms with Crippen LogP contribution in [0.2, 0.25) is 0 Å². The van der Waals surface area contributed by atoms with Gasteiger partial charge in [0.25, 0.3) is 5.92 Å². The highest BCUT2D eigenvalue weighted by atomic mass is 19.3. The predicted molar refractivity (Wildman–Crippen MR) is 58.3 cm³/mol. The molecule has 0 aliphatic rings. The Hall–Kier alpha value is -0.350. The van der Waals surface area contributed by atoms with Crippen LogP contribution in [0.5, 0.6) is 0 Å². The van der Waals surface area contributed by atoms with Gasteiger partial charge in [-0.1, -0.05) is 34.6 Å². The van der Waals surface area contributed by atoms with Crippen molar-refractivity contribution >= 4 is 0 Å². The summed E-state index contributed by atoms with van der Waals surface area (Å²) in [5.41, 5.74) is -4.75. The molecule has 0 aromatic rings. The average Bonchev–Trinajstić information content (AvgIpc) is 2.13. The summed E-state index contributed by atoms with van der Waals surface area (Å²) < 4.78 is 67.3. The van der Waals surface area contributed by atoms with Gasteiger partial charge in [-0.2, -0.15) is 0 Å². The largest absolute Gasteiger partial charge is 0.284 e. The van der Waals surface area contributed by atoms with E-state index < -0.39 is 35.8 Å². The van der Waals surface area contributed by atoms with E-state index in [0.717, 1.165) is 0 Å². The minimum atomic E-state index is -3.77. The molecular weight excluding hydrogens is 239 g/mol. The fraction of sp³-hybridized carbons (Fsp3) is 1.00. The van der Waals surface area contributed by atoms with Gasteiger partial charge in [-0.05, 0) is 6.42 Å². The van der Waals surface area contributed by atoms with E-state index in [1.54, 1.807) is 0 Å². The van der Waals surface area contributed by atoms with E-state index in [0.29, 0.717) is 0 Å². The Morgan fingerprint density at radius 3 is 1.65 bits per heavy atom. The molecule has 0 aliphatic carbocycles. The van der Waals surface area contributed by atoms with Gasteiger partial charge >= 0.3 is 0 Å². The minimum absolute atomic E-state index is 0.0397.